The summed E-state index contributed by atoms with van der Waals surface area (Å²) in [6.45, 7) is 8.84. The van der Waals surface area contributed by atoms with E-state index in [1.807, 2.05) is 0 Å². The molecule has 0 aromatic heterocycles. The lowest BCUT2D eigenvalue weighted by Gasteiger charge is -2.18. The second kappa shape index (κ2) is 7.36. The topological polar surface area (TPSA) is 77.8 Å². The van der Waals surface area contributed by atoms with Crippen LogP contribution in [0.4, 0.5) is 4.79 Å². The van der Waals surface area contributed by atoms with E-state index >= 15 is 0 Å². The Morgan fingerprint density at radius 3 is 1.69 bits per heavy atom. The molecule has 0 aromatic carbocycles. The fourth-order valence-corrected chi connectivity index (χ4v) is 0.705. The molecule has 0 aromatic rings. The Kier molecular flexibility index (Phi) is 8.07. The molecule has 0 unspecified atom stereocenters. The lowest BCUT2D eigenvalue weighted by molar-refractivity contribution is 0.0666. The van der Waals surface area contributed by atoms with Gasteiger partial charge < -0.3 is 15.3 Å². The fourth-order valence-electron chi connectivity index (χ4n) is 0.705. The van der Waals surface area contributed by atoms with Gasteiger partial charge in [0.1, 0.15) is 0 Å². The molecular weight excluding hydrogens is 172 g/mol. The van der Waals surface area contributed by atoms with E-state index in [4.69, 9.17) is 15.0 Å². The zero-order valence-corrected chi connectivity index (χ0v) is 7.73. The van der Waals surface area contributed by atoms with Crippen molar-refractivity contribution < 1.29 is 20.1 Å². The van der Waals surface area contributed by atoms with E-state index in [0.717, 1.165) is 0 Å². The first-order valence-electron chi connectivity index (χ1n) is 3.72. The number of carboxylic acid groups (broad SMARTS) is 2. The monoisotopic (exact) mass is 188 g/mol. The van der Waals surface area contributed by atoms with Crippen LogP contribution in [0.3, 0.4) is 0 Å². The van der Waals surface area contributed by atoms with Crippen molar-refractivity contribution in [3.63, 3.8) is 0 Å². The van der Waals surface area contributed by atoms with Crippen molar-refractivity contribution >= 4 is 6.16 Å². The lowest BCUT2D eigenvalue weighted by Crippen LogP contribution is -2.21. The molecule has 0 spiro atoms. The Balaban J connectivity index is 0. The minimum Gasteiger partial charge on any atom is -0.450 e. The summed E-state index contributed by atoms with van der Waals surface area (Å²) in [4.78, 5) is 8.56. The normalized spacial score (nSPS) is 9.38. The smallest absolute Gasteiger partial charge is 0.450 e. The third-order valence-corrected chi connectivity index (χ3v) is 1.17. The van der Waals surface area contributed by atoms with E-state index in [1.54, 1.807) is 19.1 Å². The maximum Gasteiger partial charge on any atom is 0.503 e. The average Bonchev–Trinajstić information content (AvgIpc) is 1.84. The van der Waals surface area contributed by atoms with Crippen molar-refractivity contribution in [3.8, 4) is 0 Å². The third kappa shape index (κ3) is 18.0. The first-order valence-corrected chi connectivity index (χ1v) is 3.72. The van der Waals surface area contributed by atoms with Crippen LogP contribution in [0.25, 0.3) is 0 Å². The van der Waals surface area contributed by atoms with E-state index in [-0.39, 0.29) is 0 Å². The SMILES string of the molecule is C=CCC(C)(O)CC=C.O=C(O)O. The summed E-state index contributed by atoms with van der Waals surface area (Å²) < 4.78 is 0. The van der Waals surface area contributed by atoms with Crippen LogP contribution in [0.1, 0.15) is 19.8 Å². The Bertz CT molecular complexity index is 156. The Hall–Kier alpha value is -1.29. The molecule has 4 heteroatoms. The molecule has 13 heavy (non-hydrogen) atoms. The fraction of sp³-hybridized carbons (Fsp3) is 0.444. The van der Waals surface area contributed by atoms with Gasteiger partial charge in [-0.2, -0.15) is 0 Å². The molecule has 0 saturated heterocycles. The highest BCUT2D eigenvalue weighted by Gasteiger charge is 2.14. The minimum atomic E-state index is -1.83. The summed E-state index contributed by atoms with van der Waals surface area (Å²) in [6.07, 6.45) is 2.84. The quantitative estimate of drug-likeness (QED) is 0.590. The van der Waals surface area contributed by atoms with Gasteiger partial charge in [0.25, 0.3) is 0 Å². The van der Waals surface area contributed by atoms with Crippen LogP contribution in [0.2, 0.25) is 0 Å². The molecule has 0 bridgehead atoms. The van der Waals surface area contributed by atoms with Gasteiger partial charge in [-0.25, -0.2) is 4.79 Å². The summed E-state index contributed by atoms with van der Waals surface area (Å²) in [6, 6.07) is 0. The van der Waals surface area contributed by atoms with Crippen molar-refractivity contribution in [2.75, 3.05) is 0 Å². The predicted octanol–water partition coefficient (Wildman–Crippen LogP) is 2.11. The second-order valence-corrected chi connectivity index (χ2v) is 2.77. The van der Waals surface area contributed by atoms with Gasteiger partial charge in [0, 0.05) is 0 Å². The standard InChI is InChI=1S/C8H14O.CH2O3/c1-4-6-8(3,9)7-5-2;2-1(3)4/h4-5,9H,1-2,6-7H2,3H3;(H2,2,3,4). The first kappa shape index (κ1) is 14.2. The van der Waals surface area contributed by atoms with Crippen LogP contribution in [-0.4, -0.2) is 27.1 Å². The van der Waals surface area contributed by atoms with E-state index in [0.29, 0.717) is 12.8 Å². The molecule has 0 aliphatic rings. The van der Waals surface area contributed by atoms with Gasteiger partial charge in [-0.15, -0.1) is 13.2 Å². The van der Waals surface area contributed by atoms with E-state index < -0.39 is 11.8 Å². The van der Waals surface area contributed by atoms with Gasteiger partial charge in [0.05, 0.1) is 5.60 Å². The summed E-state index contributed by atoms with van der Waals surface area (Å²) >= 11 is 0. The molecule has 3 N–H and O–H groups in total. The summed E-state index contributed by atoms with van der Waals surface area (Å²) in [7, 11) is 0. The van der Waals surface area contributed by atoms with Crippen LogP contribution in [-0.2, 0) is 0 Å². The highest BCUT2D eigenvalue weighted by Crippen LogP contribution is 2.14. The van der Waals surface area contributed by atoms with Gasteiger partial charge in [-0.3, -0.25) is 0 Å². The molecule has 0 amide bonds. The van der Waals surface area contributed by atoms with E-state index in [9.17, 15) is 5.11 Å². The highest BCUT2D eigenvalue weighted by atomic mass is 16.6. The molecule has 0 aliphatic carbocycles. The Morgan fingerprint density at radius 1 is 1.31 bits per heavy atom. The van der Waals surface area contributed by atoms with Crippen molar-refractivity contribution in [1.29, 1.82) is 0 Å². The number of rotatable bonds is 4. The predicted molar refractivity (Wildman–Crippen MR) is 50.9 cm³/mol. The zero-order chi connectivity index (χ0) is 10.9. The van der Waals surface area contributed by atoms with Crippen molar-refractivity contribution in [2.45, 2.75) is 25.4 Å². The third-order valence-electron chi connectivity index (χ3n) is 1.17. The van der Waals surface area contributed by atoms with Crippen LogP contribution in [0.5, 0.6) is 0 Å². The summed E-state index contributed by atoms with van der Waals surface area (Å²) in [5.41, 5.74) is -0.635. The zero-order valence-electron chi connectivity index (χ0n) is 7.73. The molecule has 4 nitrogen and oxygen atoms in total. The number of carbonyl (C=O) groups is 1. The van der Waals surface area contributed by atoms with Gasteiger partial charge in [0.2, 0.25) is 0 Å². The van der Waals surface area contributed by atoms with Crippen molar-refractivity contribution in [1.82, 2.24) is 0 Å². The van der Waals surface area contributed by atoms with Gasteiger partial charge in [-0.05, 0) is 19.8 Å². The highest BCUT2D eigenvalue weighted by molar-refractivity contribution is 5.53. The number of hydrogen-bond acceptors (Lipinski definition) is 2. The largest absolute Gasteiger partial charge is 0.503 e. The first-order chi connectivity index (χ1) is 5.85. The molecule has 0 aliphatic heterocycles. The van der Waals surface area contributed by atoms with Crippen molar-refractivity contribution in [3.05, 3.63) is 25.3 Å². The lowest BCUT2D eigenvalue weighted by atomic mass is 9.99. The van der Waals surface area contributed by atoms with E-state index in [2.05, 4.69) is 13.2 Å². The van der Waals surface area contributed by atoms with Crippen LogP contribution < -0.4 is 0 Å². The van der Waals surface area contributed by atoms with Crippen LogP contribution in [0, 0.1) is 0 Å². The minimum absolute atomic E-state index is 0.624. The summed E-state index contributed by atoms with van der Waals surface area (Å²) in [5, 5.41) is 23.3. The second-order valence-electron chi connectivity index (χ2n) is 2.77. The Labute approximate surface area is 77.8 Å². The molecule has 0 saturated carbocycles. The Morgan fingerprint density at radius 2 is 1.54 bits per heavy atom. The van der Waals surface area contributed by atoms with Gasteiger partial charge >= 0.3 is 6.16 Å². The molecule has 0 rings (SSSR count). The van der Waals surface area contributed by atoms with Gasteiger partial charge in [0.15, 0.2) is 0 Å². The molecule has 0 radical (unpaired) electrons. The molecule has 76 valence electrons. The molecule has 0 atom stereocenters. The van der Waals surface area contributed by atoms with Crippen molar-refractivity contribution in [2.24, 2.45) is 0 Å². The molecule has 0 heterocycles. The van der Waals surface area contributed by atoms with Gasteiger partial charge in [-0.1, -0.05) is 12.2 Å². The maximum absolute atomic E-state index is 9.37. The van der Waals surface area contributed by atoms with Crippen LogP contribution >= 0.6 is 0 Å². The number of hydrogen-bond donors (Lipinski definition) is 3. The number of aliphatic hydroxyl groups is 1. The van der Waals surface area contributed by atoms with Crippen LogP contribution in [0.15, 0.2) is 25.3 Å². The van der Waals surface area contributed by atoms with E-state index in [1.165, 1.54) is 0 Å². The average molecular weight is 188 g/mol. The molecule has 0 fully saturated rings. The molecular formula is C9H16O4. The summed E-state index contributed by atoms with van der Waals surface area (Å²) in [5.74, 6) is 0. The maximum atomic E-state index is 9.37.